The van der Waals surface area contributed by atoms with E-state index in [9.17, 15) is 27.9 Å². The van der Waals surface area contributed by atoms with E-state index in [0.29, 0.717) is 62.1 Å². The average Bonchev–Trinajstić information content (AvgIpc) is 3.14. The predicted octanol–water partition coefficient (Wildman–Crippen LogP) is 2.82. The molecule has 2 heterocycles. The summed E-state index contributed by atoms with van der Waals surface area (Å²) in [6.45, 7) is 2.27. The minimum absolute atomic E-state index is 0.280. The lowest BCUT2D eigenvalue weighted by Crippen LogP contribution is -2.47. The van der Waals surface area contributed by atoms with Crippen LogP contribution in [0.15, 0.2) is 51.7 Å². The minimum Gasteiger partial charge on any atom is -0.408 e. The van der Waals surface area contributed by atoms with Crippen LogP contribution in [0.5, 0.6) is 5.75 Å². The summed E-state index contributed by atoms with van der Waals surface area (Å²) in [6, 6.07) is 10.2. The van der Waals surface area contributed by atoms with E-state index in [1.165, 1.54) is 30.3 Å². The zero-order valence-electron chi connectivity index (χ0n) is 18.2. The number of alkyl halides is 3. The van der Waals surface area contributed by atoms with Gasteiger partial charge in [0, 0.05) is 38.2 Å². The number of nitrogens with one attached hydrogen (secondary N) is 2. The molecule has 1 fully saturated rings. The summed E-state index contributed by atoms with van der Waals surface area (Å²) in [5, 5.41) is 13.7. The number of halogens is 3. The third kappa shape index (κ3) is 6.17. The predicted molar refractivity (Wildman–Crippen MR) is 117 cm³/mol. The third-order valence-electron chi connectivity index (χ3n) is 5.87. The highest BCUT2D eigenvalue weighted by Gasteiger charge is 2.33. The van der Waals surface area contributed by atoms with Gasteiger partial charge in [0.25, 0.3) is 5.91 Å². The van der Waals surface area contributed by atoms with Gasteiger partial charge in [-0.1, -0.05) is 12.1 Å². The van der Waals surface area contributed by atoms with Gasteiger partial charge in [0.15, 0.2) is 5.58 Å². The molecule has 4 rings (SSSR count). The summed E-state index contributed by atoms with van der Waals surface area (Å²) >= 11 is 0. The van der Waals surface area contributed by atoms with Crippen molar-refractivity contribution in [2.75, 3.05) is 26.2 Å². The molecule has 1 saturated heterocycles. The van der Waals surface area contributed by atoms with E-state index in [4.69, 9.17) is 4.42 Å². The molecular formula is C23H24F3N3O5. The Kier molecular flexibility index (Phi) is 6.67. The van der Waals surface area contributed by atoms with Crippen LogP contribution in [0.4, 0.5) is 13.2 Å². The molecule has 3 aromatic rings. The van der Waals surface area contributed by atoms with Crippen molar-refractivity contribution in [3.05, 3.63) is 64.1 Å². The number of aromatic nitrogens is 1. The van der Waals surface area contributed by atoms with Crippen molar-refractivity contribution < 1.29 is 32.2 Å². The van der Waals surface area contributed by atoms with Crippen LogP contribution >= 0.6 is 0 Å². The first-order valence-corrected chi connectivity index (χ1v) is 10.8. The Morgan fingerprint density at radius 2 is 1.88 bits per heavy atom. The lowest BCUT2D eigenvalue weighted by atomic mass is 9.85. The van der Waals surface area contributed by atoms with Gasteiger partial charge in [0.2, 0.25) is 0 Å². The molecule has 182 valence electrons. The van der Waals surface area contributed by atoms with Crippen LogP contribution in [0.25, 0.3) is 11.1 Å². The molecule has 0 bridgehead atoms. The molecule has 34 heavy (non-hydrogen) atoms. The molecule has 0 saturated carbocycles. The lowest BCUT2D eigenvalue weighted by Gasteiger charge is -2.38. The van der Waals surface area contributed by atoms with Gasteiger partial charge < -0.3 is 24.5 Å². The largest absolute Gasteiger partial charge is 0.573 e. The van der Waals surface area contributed by atoms with E-state index in [-0.39, 0.29) is 11.7 Å². The van der Waals surface area contributed by atoms with Gasteiger partial charge >= 0.3 is 12.1 Å². The molecule has 11 heteroatoms. The van der Waals surface area contributed by atoms with Crippen LogP contribution in [-0.2, 0) is 6.42 Å². The smallest absolute Gasteiger partial charge is 0.408 e. The molecule has 2 aromatic carbocycles. The fourth-order valence-corrected chi connectivity index (χ4v) is 4.07. The highest BCUT2D eigenvalue weighted by molar-refractivity contribution is 5.96. The highest BCUT2D eigenvalue weighted by Crippen LogP contribution is 2.28. The number of ether oxygens (including phenoxy) is 1. The Labute approximate surface area is 192 Å². The Hall–Kier alpha value is -3.31. The number of carbonyl (C=O) groups is 1. The molecule has 0 spiro atoms. The number of H-pyrrole nitrogens is 1. The van der Waals surface area contributed by atoms with Gasteiger partial charge in [-0.15, -0.1) is 13.2 Å². The monoisotopic (exact) mass is 479 g/mol. The highest BCUT2D eigenvalue weighted by atomic mass is 19.4. The van der Waals surface area contributed by atoms with E-state index in [0.717, 1.165) is 5.56 Å². The van der Waals surface area contributed by atoms with Crippen LogP contribution in [0.1, 0.15) is 28.8 Å². The standard InChI is InChI=1S/C23H24F3N3O5/c24-23(25,26)34-17-4-1-15(2-5-17)14-22(32)7-10-29(11-8-22)12-9-27-20(30)16-3-6-18-19(13-16)33-21(31)28-18/h1-6,13,32H,7-12,14H2,(H,27,30)(H,28,31). The topological polar surface area (TPSA) is 108 Å². The second kappa shape index (κ2) is 9.51. The number of likely N-dealkylation sites (tertiary alicyclic amines) is 1. The summed E-state index contributed by atoms with van der Waals surface area (Å²) in [5.74, 6) is -1.15. The number of carbonyl (C=O) groups excluding carboxylic acids is 1. The quantitative estimate of drug-likeness (QED) is 0.481. The normalized spacial score (nSPS) is 16.5. The number of hydrogen-bond acceptors (Lipinski definition) is 6. The Balaban J connectivity index is 1.21. The van der Waals surface area contributed by atoms with E-state index in [1.54, 1.807) is 12.1 Å². The number of nitrogens with zero attached hydrogens (tertiary/aromatic N) is 1. The van der Waals surface area contributed by atoms with E-state index >= 15 is 0 Å². The minimum atomic E-state index is -4.74. The van der Waals surface area contributed by atoms with Gasteiger partial charge in [0.05, 0.1) is 11.1 Å². The molecule has 1 aromatic heterocycles. The maximum atomic E-state index is 12.4. The maximum absolute atomic E-state index is 12.4. The van der Waals surface area contributed by atoms with Crippen molar-refractivity contribution in [3.8, 4) is 5.75 Å². The zero-order valence-corrected chi connectivity index (χ0v) is 18.2. The molecular weight excluding hydrogens is 455 g/mol. The fourth-order valence-electron chi connectivity index (χ4n) is 4.07. The molecule has 0 unspecified atom stereocenters. The number of benzene rings is 2. The number of hydrogen-bond donors (Lipinski definition) is 3. The molecule has 1 aliphatic heterocycles. The van der Waals surface area contributed by atoms with Crippen LogP contribution in [0.3, 0.4) is 0 Å². The number of piperidine rings is 1. The first-order chi connectivity index (χ1) is 16.1. The number of oxazole rings is 1. The van der Waals surface area contributed by atoms with Crippen LogP contribution in [-0.4, -0.2) is 59.0 Å². The molecule has 1 amide bonds. The second-order valence-corrected chi connectivity index (χ2v) is 8.42. The molecule has 3 N–H and O–H groups in total. The number of aliphatic hydroxyl groups is 1. The second-order valence-electron chi connectivity index (χ2n) is 8.42. The van der Waals surface area contributed by atoms with E-state index in [2.05, 4.69) is 19.9 Å². The summed E-state index contributed by atoms with van der Waals surface area (Å²) < 4.78 is 45.7. The summed E-state index contributed by atoms with van der Waals surface area (Å²) in [6.07, 6.45) is -3.39. The Morgan fingerprint density at radius 3 is 2.56 bits per heavy atom. The molecule has 8 nitrogen and oxygen atoms in total. The summed E-state index contributed by atoms with van der Waals surface area (Å²) in [7, 11) is 0. The lowest BCUT2D eigenvalue weighted by molar-refractivity contribution is -0.274. The van der Waals surface area contributed by atoms with Gasteiger partial charge in [-0.3, -0.25) is 9.78 Å². The molecule has 0 atom stereocenters. The number of rotatable bonds is 7. The van der Waals surface area contributed by atoms with Crippen molar-refractivity contribution in [2.45, 2.75) is 31.2 Å². The summed E-state index contributed by atoms with van der Waals surface area (Å²) in [5.41, 5.74) is 1.01. The molecule has 0 radical (unpaired) electrons. The Morgan fingerprint density at radius 1 is 1.18 bits per heavy atom. The molecule has 0 aliphatic carbocycles. The van der Waals surface area contributed by atoms with Crippen LogP contribution < -0.4 is 15.8 Å². The van der Waals surface area contributed by atoms with E-state index in [1.807, 2.05) is 0 Å². The van der Waals surface area contributed by atoms with Crippen molar-refractivity contribution in [1.82, 2.24) is 15.2 Å². The SMILES string of the molecule is O=C(NCCN1CCC(O)(Cc2ccc(OC(F)(F)F)cc2)CC1)c1ccc2[nH]c(=O)oc2c1. The molecule has 1 aliphatic rings. The number of amides is 1. The van der Waals surface area contributed by atoms with Crippen molar-refractivity contribution in [3.63, 3.8) is 0 Å². The maximum Gasteiger partial charge on any atom is 0.573 e. The van der Waals surface area contributed by atoms with Gasteiger partial charge in [-0.25, -0.2) is 4.79 Å². The fraction of sp³-hybridized carbons (Fsp3) is 0.391. The average molecular weight is 479 g/mol. The van der Waals surface area contributed by atoms with Crippen molar-refractivity contribution in [1.29, 1.82) is 0 Å². The number of aromatic amines is 1. The first-order valence-electron chi connectivity index (χ1n) is 10.8. The van der Waals surface area contributed by atoms with Crippen molar-refractivity contribution in [2.24, 2.45) is 0 Å². The summed E-state index contributed by atoms with van der Waals surface area (Å²) in [4.78, 5) is 28.3. The van der Waals surface area contributed by atoms with E-state index < -0.39 is 17.7 Å². The van der Waals surface area contributed by atoms with Gasteiger partial charge in [-0.05, 0) is 48.7 Å². The Bertz CT molecular complexity index is 1200. The van der Waals surface area contributed by atoms with Gasteiger partial charge in [-0.2, -0.15) is 0 Å². The van der Waals surface area contributed by atoms with Crippen molar-refractivity contribution >= 4 is 17.0 Å². The van der Waals surface area contributed by atoms with Crippen LogP contribution in [0, 0.1) is 0 Å². The van der Waals surface area contributed by atoms with Crippen LogP contribution in [0.2, 0.25) is 0 Å². The zero-order chi connectivity index (χ0) is 24.3. The first kappa shape index (κ1) is 23.8. The third-order valence-corrected chi connectivity index (χ3v) is 5.87. The van der Waals surface area contributed by atoms with Gasteiger partial charge in [0.1, 0.15) is 5.75 Å². The number of fused-ring (bicyclic) bond motifs is 1.